The zero-order valence-electron chi connectivity index (χ0n) is 14.6. The van der Waals surface area contributed by atoms with Crippen molar-refractivity contribution in [3.05, 3.63) is 47.2 Å². The van der Waals surface area contributed by atoms with Gasteiger partial charge in [-0.05, 0) is 31.2 Å². The van der Waals surface area contributed by atoms with E-state index >= 15 is 0 Å². The zero-order valence-corrected chi connectivity index (χ0v) is 15.3. The minimum atomic E-state index is -0.160. The zero-order chi connectivity index (χ0) is 18.2. The first-order valence-corrected chi connectivity index (χ1v) is 9.09. The summed E-state index contributed by atoms with van der Waals surface area (Å²) in [5.41, 5.74) is 0.462. The molecule has 1 aliphatic heterocycles. The molecule has 0 bridgehead atoms. The van der Waals surface area contributed by atoms with Gasteiger partial charge in [-0.3, -0.25) is 9.69 Å². The summed E-state index contributed by atoms with van der Waals surface area (Å²) in [5, 5.41) is 7.61. The Balaban J connectivity index is 1.44. The Hall–Kier alpha value is -2.09. The van der Waals surface area contributed by atoms with Crippen molar-refractivity contribution in [2.24, 2.45) is 0 Å². The van der Waals surface area contributed by atoms with Gasteiger partial charge in [-0.2, -0.15) is 5.10 Å². The Morgan fingerprint density at radius 3 is 2.88 bits per heavy atom. The van der Waals surface area contributed by atoms with Crippen LogP contribution in [0.15, 0.2) is 36.5 Å². The van der Waals surface area contributed by atoms with Gasteiger partial charge in [-0.15, -0.1) is 0 Å². The maximum atomic E-state index is 12.4. The Kier molecular flexibility index (Phi) is 6.88. The summed E-state index contributed by atoms with van der Waals surface area (Å²) in [4.78, 5) is 14.7. The predicted octanol–water partition coefficient (Wildman–Crippen LogP) is 2.03. The second-order valence-corrected chi connectivity index (χ2v) is 6.39. The van der Waals surface area contributed by atoms with Crippen LogP contribution in [0.2, 0.25) is 5.02 Å². The first kappa shape index (κ1) is 18.7. The molecular formula is C18H23ClN4O3. The van der Waals surface area contributed by atoms with Gasteiger partial charge in [0, 0.05) is 25.8 Å². The minimum absolute atomic E-state index is 0.118. The van der Waals surface area contributed by atoms with Crippen molar-refractivity contribution in [2.75, 3.05) is 39.4 Å². The third-order valence-electron chi connectivity index (χ3n) is 4.17. The summed E-state index contributed by atoms with van der Waals surface area (Å²) in [6.45, 7) is 5.19. The number of carbonyl (C=O) groups is 1. The Labute approximate surface area is 157 Å². The maximum absolute atomic E-state index is 12.4. The summed E-state index contributed by atoms with van der Waals surface area (Å²) in [7, 11) is 0. The van der Waals surface area contributed by atoms with Crippen molar-refractivity contribution in [2.45, 2.75) is 13.2 Å². The molecule has 0 saturated carbocycles. The third kappa shape index (κ3) is 5.20. The average Bonchev–Trinajstić information content (AvgIpc) is 3.14. The Morgan fingerprint density at radius 2 is 2.08 bits per heavy atom. The monoisotopic (exact) mass is 378 g/mol. The standard InChI is InChI=1S/C18H23ClN4O3/c19-15-4-1-2-5-17(15)26-14-23-16(6-8-21-23)18(24)20-7-3-9-22-10-12-25-13-11-22/h1-2,4-6,8H,3,7,9-14H2,(H,20,24). The van der Waals surface area contributed by atoms with Crippen LogP contribution in [0.4, 0.5) is 0 Å². The summed E-state index contributed by atoms with van der Waals surface area (Å²) in [5.74, 6) is 0.397. The van der Waals surface area contributed by atoms with Crippen LogP contribution in [0.5, 0.6) is 5.75 Å². The van der Waals surface area contributed by atoms with E-state index in [1.807, 2.05) is 12.1 Å². The lowest BCUT2D eigenvalue weighted by Gasteiger charge is -2.26. The molecule has 2 aromatic rings. The van der Waals surface area contributed by atoms with Gasteiger partial charge in [0.05, 0.1) is 18.2 Å². The number of hydrogen-bond acceptors (Lipinski definition) is 5. The fraction of sp³-hybridized carbons (Fsp3) is 0.444. The van der Waals surface area contributed by atoms with E-state index in [9.17, 15) is 4.79 Å². The molecule has 1 aromatic carbocycles. The number of aromatic nitrogens is 2. The summed E-state index contributed by atoms with van der Waals surface area (Å²) >= 11 is 6.07. The molecule has 1 aromatic heterocycles. The lowest BCUT2D eigenvalue weighted by molar-refractivity contribution is 0.0374. The quantitative estimate of drug-likeness (QED) is 0.712. The molecule has 0 radical (unpaired) electrons. The predicted molar refractivity (Wildman–Crippen MR) is 98.5 cm³/mol. The molecule has 0 unspecified atom stereocenters. The van der Waals surface area contributed by atoms with E-state index in [1.54, 1.807) is 24.4 Å². The van der Waals surface area contributed by atoms with Crippen molar-refractivity contribution in [3.8, 4) is 5.75 Å². The highest BCUT2D eigenvalue weighted by atomic mass is 35.5. The third-order valence-corrected chi connectivity index (χ3v) is 4.48. The van der Waals surface area contributed by atoms with E-state index < -0.39 is 0 Å². The van der Waals surface area contributed by atoms with Crippen molar-refractivity contribution < 1.29 is 14.3 Å². The molecular weight excluding hydrogens is 356 g/mol. The van der Waals surface area contributed by atoms with Crippen LogP contribution in [0, 0.1) is 0 Å². The minimum Gasteiger partial charge on any atom is -0.470 e. The highest BCUT2D eigenvalue weighted by Crippen LogP contribution is 2.23. The molecule has 3 rings (SSSR count). The van der Waals surface area contributed by atoms with Gasteiger partial charge in [-0.25, -0.2) is 4.68 Å². The van der Waals surface area contributed by atoms with E-state index in [2.05, 4.69) is 15.3 Å². The molecule has 0 atom stereocenters. The molecule has 26 heavy (non-hydrogen) atoms. The maximum Gasteiger partial charge on any atom is 0.269 e. The first-order valence-electron chi connectivity index (χ1n) is 8.71. The average molecular weight is 379 g/mol. The summed E-state index contributed by atoms with van der Waals surface area (Å²) < 4.78 is 12.5. The number of carbonyl (C=O) groups excluding carboxylic acids is 1. The Morgan fingerprint density at radius 1 is 1.27 bits per heavy atom. The highest BCUT2D eigenvalue weighted by molar-refractivity contribution is 6.32. The van der Waals surface area contributed by atoms with Crippen LogP contribution in [-0.2, 0) is 11.5 Å². The van der Waals surface area contributed by atoms with E-state index in [0.29, 0.717) is 23.0 Å². The molecule has 1 aliphatic rings. The number of halogens is 1. The lowest BCUT2D eigenvalue weighted by Crippen LogP contribution is -2.38. The normalized spacial score (nSPS) is 15.0. The van der Waals surface area contributed by atoms with Crippen LogP contribution in [0.1, 0.15) is 16.9 Å². The molecule has 0 spiro atoms. The van der Waals surface area contributed by atoms with Crippen molar-refractivity contribution >= 4 is 17.5 Å². The molecule has 2 heterocycles. The molecule has 1 amide bonds. The number of nitrogens with one attached hydrogen (secondary N) is 1. The van der Waals surface area contributed by atoms with Gasteiger partial charge in [-0.1, -0.05) is 23.7 Å². The van der Waals surface area contributed by atoms with Gasteiger partial charge >= 0.3 is 0 Å². The molecule has 8 heteroatoms. The van der Waals surface area contributed by atoms with Gasteiger partial charge in [0.1, 0.15) is 11.4 Å². The topological polar surface area (TPSA) is 68.6 Å². The van der Waals surface area contributed by atoms with E-state index in [4.69, 9.17) is 21.1 Å². The highest BCUT2D eigenvalue weighted by Gasteiger charge is 2.13. The number of rotatable bonds is 8. The van der Waals surface area contributed by atoms with Crippen LogP contribution in [0.25, 0.3) is 0 Å². The van der Waals surface area contributed by atoms with Crippen LogP contribution >= 0.6 is 11.6 Å². The van der Waals surface area contributed by atoms with Crippen molar-refractivity contribution in [1.82, 2.24) is 20.0 Å². The number of para-hydroxylation sites is 1. The summed E-state index contributed by atoms with van der Waals surface area (Å²) in [6, 6.07) is 8.87. The molecule has 1 saturated heterocycles. The van der Waals surface area contributed by atoms with E-state index in [1.165, 1.54) is 4.68 Å². The molecule has 1 fully saturated rings. The van der Waals surface area contributed by atoms with E-state index in [0.717, 1.165) is 39.3 Å². The number of hydrogen-bond donors (Lipinski definition) is 1. The number of ether oxygens (including phenoxy) is 2. The second kappa shape index (κ2) is 9.56. The van der Waals surface area contributed by atoms with Gasteiger partial charge in [0.25, 0.3) is 5.91 Å². The van der Waals surface area contributed by atoms with Gasteiger partial charge < -0.3 is 14.8 Å². The smallest absolute Gasteiger partial charge is 0.269 e. The van der Waals surface area contributed by atoms with Gasteiger partial charge in [0.2, 0.25) is 0 Å². The van der Waals surface area contributed by atoms with Gasteiger partial charge in [0.15, 0.2) is 6.73 Å². The SMILES string of the molecule is O=C(NCCCN1CCOCC1)c1ccnn1COc1ccccc1Cl. The second-order valence-electron chi connectivity index (χ2n) is 5.98. The van der Waals surface area contributed by atoms with Crippen molar-refractivity contribution in [1.29, 1.82) is 0 Å². The fourth-order valence-corrected chi connectivity index (χ4v) is 2.93. The molecule has 140 valence electrons. The number of morpholine rings is 1. The lowest BCUT2D eigenvalue weighted by atomic mass is 10.3. The number of benzene rings is 1. The molecule has 1 N–H and O–H groups in total. The molecule has 7 nitrogen and oxygen atoms in total. The number of nitrogens with zero attached hydrogens (tertiary/aromatic N) is 3. The van der Waals surface area contributed by atoms with Crippen LogP contribution in [0.3, 0.4) is 0 Å². The van der Waals surface area contributed by atoms with Crippen LogP contribution in [-0.4, -0.2) is 60.0 Å². The summed E-state index contributed by atoms with van der Waals surface area (Å²) in [6.07, 6.45) is 2.48. The first-order chi connectivity index (χ1) is 12.7. The fourth-order valence-electron chi connectivity index (χ4n) is 2.74. The van der Waals surface area contributed by atoms with Crippen molar-refractivity contribution in [3.63, 3.8) is 0 Å². The Bertz CT molecular complexity index is 716. The molecule has 0 aliphatic carbocycles. The van der Waals surface area contributed by atoms with Crippen LogP contribution < -0.4 is 10.1 Å². The van der Waals surface area contributed by atoms with E-state index in [-0.39, 0.29) is 12.6 Å². The number of amides is 1. The largest absolute Gasteiger partial charge is 0.470 e.